The molecule has 0 aromatic heterocycles. The van der Waals surface area contributed by atoms with E-state index in [0.717, 1.165) is 38.4 Å². The van der Waals surface area contributed by atoms with Gasteiger partial charge in [-0.15, -0.1) is 0 Å². The van der Waals surface area contributed by atoms with Gasteiger partial charge in [-0.1, -0.05) is 53.4 Å². The van der Waals surface area contributed by atoms with Crippen LogP contribution in [0.1, 0.15) is 79.1 Å². The van der Waals surface area contributed by atoms with Crippen molar-refractivity contribution in [3.8, 4) is 0 Å². The van der Waals surface area contributed by atoms with Crippen LogP contribution >= 0.6 is 0 Å². The molecule has 0 saturated heterocycles. The minimum Gasteiger partial charge on any atom is -0.345 e. The van der Waals surface area contributed by atoms with Crippen LogP contribution in [0, 0.1) is 5.92 Å². The van der Waals surface area contributed by atoms with Gasteiger partial charge in [0.15, 0.2) is 0 Å². The van der Waals surface area contributed by atoms with E-state index in [1.807, 2.05) is 20.8 Å². The molecular formula is C18H34N2O3. The van der Waals surface area contributed by atoms with Crippen LogP contribution in [0.5, 0.6) is 0 Å². The third-order valence-electron chi connectivity index (χ3n) is 3.73. The maximum absolute atomic E-state index is 12.4. The summed E-state index contributed by atoms with van der Waals surface area (Å²) < 4.78 is 0. The molecule has 0 radical (unpaired) electrons. The van der Waals surface area contributed by atoms with E-state index in [0.29, 0.717) is 19.3 Å². The molecule has 0 aromatic rings. The van der Waals surface area contributed by atoms with Crippen molar-refractivity contribution in [2.45, 2.75) is 91.1 Å². The Bertz CT molecular complexity index is 356. The molecule has 0 fully saturated rings. The number of rotatable bonds is 13. The number of carbonyl (C=O) groups is 3. The molecule has 0 bridgehead atoms. The summed E-state index contributed by atoms with van der Waals surface area (Å²) in [5, 5.41) is 5.58. The smallest absolute Gasteiger partial charge is 0.243 e. The molecule has 0 aliphatic heterocycles. The van der Waals surface area contributed by atoms with Crippen LogP contribution < -0.4 is 10.6 Å². The molecule has 0 aromatic carbocycles. The second kappa shape index (κ2) is 13.1. The van der Waals surface area contributed by atoms with Crippen molar-refractivity contribution in [2.24, 2.45) is 5.92 Å². The normalized spacial score (nSPS) is 13.4. The number of amides is 2. The average Bonchev–Trinajstić information content (AvgIpc) is 2.50. The van der Waals surface area contributed by atoms with Gasteiger partial charge in [0.05, 0.1) is 6.04 Å². The lowest BCUT2D eigenvalue weighted by Gasteiger charge is -2.22. The molecule has 2 N–H and O–H groups in total. The zero-order valence-corrected chi connectivity index (χ0v) is 15.2. The number of carbonyl (C=O) groups excluding carboxylic acids is 3. The lowest BCUT2D eigenvalue weighted by molar-refractivity contribution is -0.130. The molecule has 0 aliphatic carbocycles. The Morgan fingerprint density at radius 3 is 2.17 bits per heavy atom. The van der Waals surface area contributed by atoms with Gasteiger partial charge in [0.25, 0.3) is 0 Å². The van der Waals surface area contributed by atoms with E-state index in [1.165, 1.54) is 0 Å². The summed E-state index contributed by atoms with van der Waals surface area (Å²) in [6.45, 7) is 8.15. The number of hydrogen-bond acceptors (Lipinski definition) is 3. The van der Waals surface area contributed by atoms with Crippen molar-refractivity contribution in [3.05, 3.63) is 0 Å². The lowest BCUT2D eigenvalue weighted by Crippen LogP contribution is -2.50. The summed E-state index contributed by atoms with van der Waals surface area (Å²) in [4.78, 5) is 35.5. The van der Waals surface area contributed by atoms with Gasteiger partial charge in [0, 0.05) is 6.42 Å². The molecule has 0 spiro atoms. The zero-order chi connectivity index (χ0) is 17.7. The van der Waals surface area contributed by atoms with Gasteiger partial charge >= 0.3 is 0 Å². The number of nitrogens with one attached hydrogen (secondary N) is 2. The first-order valence-corrected chi connectivity index (χ1v) is 8.99. The Kier molecular flexibility index (Phi) is 12.3. The van der Waals surface area contributed by atoms with E-state index in [2.05, 4.69) is 17.6 Å². The second-order valence-corrected chi connectivity index (χ2v) is 6.60. The first kappa shape index (κ1) is 21.6. The summed E-state index contributed by atoms with van der Waals surface area (Å²) in [6.07, 6.45) is 7.22. The molecule has 2 atom stereocenters. The van der Waals surface area contributed by atoms with Gasteiger partial charge in [-0.05, 0) is 25.2 Å². The van der Waals surface area contributed by atoms with Crippen LogP contribution in [0.25, 0.3) is 0 Å². The molecule has 23 heavy (non-hydrogen) atoms. The van der Waals surface area contributed by atoms with Gasteiger partial charge in [0.1, 0.15) is 12.3 Å². The van der Waals surface area contributed by atoms with E-state index < -0.39 is 12.1 Å². The zero-order valence-electron chi connectivity index (χ0n) is 15.2. The topological polar surface area (TPSA) is 75.3 Å². The van der Waals surface area contributed by atoms with Crippen molar-refractivity contribution < 1.29 is 14.4 Å². The molecule has 0 aliphatic rings. The van der Waals surface area contributed by atoms with Crippen LogP contribution in [0.4, 0.5) is 0 Å². The molecule has 0 rings (SSSR count). The van der Waals surface area contributed by atoms with Gasteiger partial charge in [-0.25, -0.2) is 0 Å². The minimum atomic E-state index is -0.562. The van der Waals surface area contributed by atoms with Crippen LogP contribution in [0.3, 0.4) is 0 Å². The summed E-state index contributed by atoms with van der Waals surface area (Å²) in [5.74, 6) is -0.0572. The average molecular weight is 326 g/mol. The molecule has 5 nitrogen and oxygen atoms in total. The predicted molar refractivity (Wildman–Crippen MR) is 93.0 cm³/mol. The van der Waals surface area contributed by atoms with Gasteiger partial charge in [0.2, 0.25) is 11.8 Å². The lowest BCUT2D eigenvalue weighted by atomic mass is 10.0. The van der Waals surface area contributed by atoms with Crippen LogP contribution in [0.2, 0.25) is 0 Å². The molecule has 0 saturated carbocycles. The Balaban J connectivity index is 4.58. The molecule has 5 heteroatoms. The van der Waals surface area contributed by atoms with Crippen LogP contribution in [-0.4, -0.2) is 30.2 Å². The number of hydrogen-bond donors (Lipinski definition) is 2. The van der Waals surface area contributed by atoms with Crippen molar-refractivity contribution in [1.29, 1.82) is 0 Å². The first-order valence-electron chi connectivity index (χ1n) is 8.99. The minimum absolute atomic E-state index is 0.0875. The van der Waals surface area contributed by atoms with Gasteiger partial charge in [-0.3, -0.25) is 9.59 Å². The van der Waals surface area contributed by atoms with Crippen molar-refractivity contribution >= 4 is 18.1 Å². The fourth-order valence-corrected chi connectivity index (χ4v) is 2.39. The molecule has 0 heterocycles. The Morgan fingerprint density at radius 1 is 1.00 bits per heavy atom. The van der Waals surface area contributed by atoms with Crippen molar-refractivity contribution in [3.63, 3.8) is 0 Å². The SMILES string of the molecule is CCCCCC(=O)N[C@@H](CC(C)C)C(=O)N[C@H](C=O)CCCC. The highest BCUT2D eigenvalue weighted by molar-refractivity contribution is 5.89. The Labute approximate surface area is 141 Å². The monoisotopic (exact) mass is 326 g/mol. The van der Waals surface area contributed by atoms with Crippen molar-refractivity contribution in [2.75, 3.05) is 0 Å². The molecule has 134 valence electrons. The number of unbranched alkanes of at least 4 members (excludes halogenated alkanes) is 3. The predicted octanol–water partition coefficient (Wildman–Crippen LogP) is 2.97. The summed E-state index contributed by atoms with van der Waals surface area (Å²) in [7, 11) is 0. The quantitative estimate of drug-likeness (QED) is 0.403. The van der Waals surface area contributed by atoms with Crippen LogP contribution in [-0.2, 0) is 14.4 Å². The highest BCUT2D eigenvalue weighted by Crippen LogP contribution is 2.08. The largest absolute Gasteiger partial charge is 0.345 e. The van der Waals surface area contributed by atoms with E-state index in [9.17, 15) is 14.4 Å². The molecular weight excluding hydrogens is 292 g/mol. The Hall–Kier alpha value is -1.39. The third-order valence-corrected chi connectivity index (χ3v) is 3.73. The van der Waals surface area contributed by atoms with E-state index in [-0.39, 0.29) is 17.7 Å². The maximum Gasteiger partial charge on any atom is 0.243 e. The first-order chi connectivity index (χ1) is 10.9. The Morgan fingerprint density at radius 2 is 1.65 bits per heavy atom. The fraction of sp³-hybridized carbons (Fsp3) is 0.833. The third kappa shape index (κ3) is 10.9. The van der Waals surface area contributed by atoms with Gasteiger partial charge in [-0.2, -0.15) is 0 Å². The maximum atomic E-state index is 12.4. The van der Waals surface area contributed by atoms with Crippen molar-refractivity contribution in [1.82, 2.24) is 10.6 Å². The van der Waals surface area contributed by atoms with E-state index >= 15 is 0 Å². The number of aldehydes is 1. The highest BCUT2D eigenvalue weighted by Gasteiger charge is 2.23. The molecule has 2 amide bonds. The summed E-state index contributed by atoms with van der Waals surface area (Å²) in [5.41, 5.74) is 0. The van der Waals surface area contributed by atoms with E-state index in [4.69, 9.17) is 0 Å². The second-order valence-electron chi connectivity index (χ2n) is 6.60. The molecule has 0 unspecified atom stereocenters. The van der Waals surface area contributed by atoms with Gasteiger partial charge < -0.3 is 15.4 Å². The highest BCUT2D eigenvalue weighted by atomic mass is 16.2. The summed E-state index contributed by atoms with van der Waals surface area (Å²) in [6, 6.07) is -1.03. The fourth-order valence-electron chi connectivity index (χ4n) is 2.39. The summed E-state index contributed by atoms with van der Waals surface area (Å²) >= 11 is 0. The standard InChI is InChI=1S/C18H34N2O3/c1-5-7-9-11-17(22)20-16(12-14(3)4)18(23)19-15(13-21)10-8-6-2/h13-16H,5-12H2,1-4H3,(H,19,23)(H,20,22)/t15-,16-/m0/s1. The van der Waals surface area contributed by atoms with Crippen LogP contribution in [0.15, 0.2) is 0 Å². The van der Waals surface area contributed by atoms with E-state index in [1.54, 1.807) is 0 Å².